The molecule has 2 N–H and O–H groups in total. The number of anilines is 1. The van der Waals surface area contributed by atoms with Gasteiger partial charge in [0.25, 0.3) is 0 Å². The van der Waals surface area contributed by atoms with Gasteiger partial charge in [-0.15, -0.1) is 0 Å². The summed E-state index contributed by atoms with van der Waals surface area (Å²) in [6, 6.07) is 6.72. The predicted molar refractivity (Wildman–Crippen MR) is 69.6 cm³/mol. The summed E-state index contributed by atoms with van der Waals surface area (Å²) in [5.74, 6) is 0. The van der Waals surface area contributed by atoms with Gasteiger partial charge in [0.2, 0.25) is 0 Å². The van der Waals surface area contributed by atoms with Crippen LogP contribution < -0.4 is 10.6 Å². The van der Waals surface area contributed by atoms with Crippen LogP contribution in [0.2, 0.25) is 5.02 Å². The minimum absolute atomic E-state index is 0.174. The van der Waals surface area contributed by atoms with E-state index in [0.29, 0.717) is 23.9 Å². The second kappa shape index (κ2) is 7.14. The van der Waals surface area contributed by atoms with Crippen LogP contribution in [0.1, 0.15) is 13.8 Å². The molecule has 0 unspecified atom stereocenters. The maximum atomic E-state index is 11.4. The van der Waals surface area contributed by atoms with Gasteiger partial charge in [0.05, 0.1) is 12.7 Å². The van der Waals surface area contributed by atoms with E-state index < -0.39 is 0 Å². The number of benzene rings is 1. The first-order chi connectivity index (χ1) is 8.08. The van der Waals surface area contributed by atoms with Crippen molar-refractivity contribution >= 4 is 23.3 Å². The molecule has 0 aliphatic rings. The lowest BCUT2D eigenvalue weighted by Gasteiger charge is -2.09. The van der Waals surface area contributed by atoms with Gasteiger partial charge in [-0.25, -0.2) is 4.79 Å². The first kappa shape index (κ1) is 13.8. The summed E-state index contributed by atoms with van der Waals surface area (Å²) in [4.78, 5) is 11.4. The highest BCUT2D eigenvalue weighted by molar-refractivity contribution is 6.30. The number of nitrogens with one attached hydrogen (secondary N) is 2. The molecule has 0 saturated heterocycles. The van der Waals surface area contributed by atoms with Crippen molar-refractivity contribution in [1.82, 2.24) is 5.32 Å². The molecule has 0 aliphatic carbocycles. The van der Waals surface area contributed by atoms with E-state index in [2.05, 4.69) is 10.6 Å². The van der Waals surface area contributed by atoms with E-state index in [4.69, 9.17) is 16.3 Å². The molecule has 0 radical (unpaired) electrons. The topological polar surface area (TPSA) is 50.4 Å². The fourth-order valence-corrected chi connectivity index (χ4v) is 1.39. The molecule has 1 rings (SSSR count). The van der Waals surface area contributed by atoms with E-state index in [1.54, 1.807) is 24.3 Å². The number of hydrogen-bond acceptors (Lipinski definition) is 2. The fraction of sp³-hybridized carbons (Fsp3) is 0.417. The molecule has 0 fully saturated rings. The average Bonchev–Trinajstić information content (AvgIpc) is 2.24. The van der Waals surface area contributed by atoms with Crippen molar-refractivity contribution in [2.24, 2.45) is 0 Å². The first-order valence-electron chi connectivity index (χ1n) is 5.50. The van der Waals surface area contributed by atoms with E-state index >= 15 is 0 Å². The molecule has 0 spiro atoms. The van der Waals surface area contributed by atoms with Gasteiger partial charge in [-0.1, -0.05) is 17.7 Å². The van der Waals surface area contributed by atoms with Crippen LogP contribution in [0.25, 0.3) is 0 Å². The maximum absolute atomic E-state index is 11.4. The highest BCUT2D eigenvalue weighted by Crippen LogP contribution is 2.14. The number of rotatable bonds is 5. The molecule has 1 aromatic carbocycles. The molecule has 2 amide bonds. The zero-order valence-electron chi connectivity index (χ0n) is 10.00. The van der Waals surface area contributed by atoms with Crippen molar-refractivity contribution in [3.05, 3.63) is 29.3 Å². The number of urea groups is 1. The van der Waals surface area contributed by atoms with Gasteiger partial charge in [-0.05, 0) is 32.0 Å². The number of hydrogen-bond donors (Lipinski definition) is 2. The monoisotopic (exact) mass is 256 g/mol. The Labute approximate surface area is 106 Å². The van der Waals surface area contributed by atoms with E-state index in [1.165, 1.54) is 0 Å². The minimum Gasteiger partial charge on any atom is -0.377 e. The third-order valence-electron chi connectivity index (χ3n) is 1.92. The Morgan fingerprint density at radius 2 is 2.24 bits per heavy atom. The van der Waals surface area contributed by atoms with Crippen LogP contribution >= 0.6 is 11.6 Å². The first-order valence-corrected chi connectivity index (χ1v) is 5.88. The third-order valence-corrected chi connectivity index (χ3v) is 2.16. The van der Waals surface area contributed by atoms with Crippen LogP contribution in [0.15, 0.2) is 24.3 Å². The zero-order chi connectivity index (χ0) is 12.7. The van der Waals surface area contributed by atoms with Crippen LogP contribution in [-0.2, 0) is 4.74 Å². The molecular formula is C12H17ClN2O2. The standard InChI is InChI=1S/C12H17ClN2O2/c1-9(2)17-7-6-14-12(16)15-11-5-3-4-10(13)8-11/h3-5,8-9H,6-7H2,1-2H3,(H2,14,15,16). The maximum Gasteiger partial charge on any atom is 0.319 e. The number of carbonyl (C=O) groups excluding carboxylic acids is 1. The van der Waals surface area contributed by atoms with Gasteiger partial charge in [0.1, 0.15) is 0 Å². The van der Waals surface area contributed by atoms with E-state index in [1.807, 2.05) is 13.8 Å². The minimum atomic E-state index is -0.264. The third kappa shape index (κ3) is 6.14. The molecule has 0 heterocycles. The Morgan fingerprint density at radius 1 is 1.47 bits per heavy atom. The van der Waals surface area contributed by atoms with E-state index in [9.17, 15) is 4.79 Å². The molecule has 0 aromatic heterocycles. The van der Waals surface area contributed by atoms with Crippen LogP contribution in [0.5, 0.6) is 0 Å². The Kier molecular flexibility index (Phi) is 5.80. The molecule has 0 atom stereocenters. The molecule has 1 aromatic rings. The normalized spacial score (nSPS) is 10.4. The second-order valence-electron chi connectivity index (χ2n) is 3.81. The van der Waals surface area contributed by atoms with Crippen molar-refractivity contribution in [3.63, 3.8) is 0 Å². The van der Waals surface area contributed by atoms with Crippen LogP contribution in [-0.4, -0.2) is 25.3 Å². The summed E-state index contributed by atoms with van der Waals surface area (Å²) in [6.07, 6.45) is 0.174. The van der Waals surface area contributed by atoms with Gasteiger partial charge in [0.15, 0.2) is 0 Å². The number of ether oxygens (including phenoxy) is 1. The number of amides is 2. The summed E-state index contributed by atoms with van der Waals surface area (Å²) in [6.45, 7) is 4.88. The number of carbonyl (C=O) groups is 1. The fourth-order valence-electron chi connectivity index (χ4n) is 1.20. The largest absolute Gasteiger partial charge is 0.377 e. The Balaban J connectivity index is 2.25. The SMILES string of the molecule is CC(C)OCCNC(=O)Nc1cccc(Cl)c1. The van der Waals surface area contributed by atoms with E-state index in [0.717, 1.165) is 0 Å². The lowest BCUT2D eigenvalue weighted by Crippen LogP contribution is -2.32. The van der Waals surface area contributed by atoms with Gasteiger partial charge in [-0.2, -0.15) is 0 Å². The van der Waals surface area contributed by atoms with Crippen molar-refractivity contribution in [2.45, 2.75) is 20.0 Å². The second-order valence-corrected chi connectivity index (χ2v) is 4.25. The molecular weight excluding hydrogens is 240 g/mol. The van der Waals surface area contributed by atoms with Crippen molar-refractivity contribution in [1.29, 1.82) is 0 Å². The molecule has 94 valence electrons. The zero-order valence-corrected chi connectivity index (χ0v) is 10.8. The molecule has 0 bridgehead atoms. The van der Waals surface area contributed by atoms with Gasteiger partial charge in [-0.3, -0.25) is 0 Å². The lowest BCUT2D eigenvalue weighted by atomic mass is 10.3. The summed E-state index contributed by atoms with van der Waals surface area (Å²) in [7, 11) is 0. The molecule has 4 nitrogen and oxygen atoms in total. The summed E-state index contributed by atoms with van der Waals surface area (Å²) >= 11 is 5.80. The predicted octanol–water partition coefficient (Wildman–Crippen LogP) is 2.89. The Hall–Kier alpha value is -1.26. The average molecular weight is 257 g/mol. The smallest absolute Gasteiger partial charge is 0.319 e. The highest BCUT2D eigenvalue weighted by atomic mass is 35.5. The Morgan fingerprint density at radius 3 is 2.88 bits per heavy atom. The van der Waals surface area contributed by atoms with Gasteiger partial charge < -0.3 is 15.4 Å². The highest BCUT2D eigenvalue weighted by Gasteiger charge is 2.01. The van der Waals surface area contributed by atoms with Crippen molar-refractivity contribution in [2.75, 3.05) is 18.5 Å². The summed E-state index contributed by atoms with van der Waals surface area (Å²) < 4.78 is 5.30. The molecule has 0 aliphatic heterocycles. The lowest BCUT2D eigenvalue weighted by molar-refractivity contribution is 0.0820. The van der Waals surface area contributed by atoms with Crippen LogP contribution in [0.3, 0.4) is 0 Å². The van der Waals surface area contributed by atoms with E-state index in [-0.39, 0.29) is 12.1 Å². The van der Waals surface area contributed by atoms with Crippen molar-refractivity contribution in [3.8, 4) is 0 Å². The number of halogens is 1. The molecule has 0 saturated carbocycles. The van der Waals surface area contributed by atoms with Gasteiger partial charge >= 0.3 is 6.03 Å². The molecule has 17 heavy (non-hydrogen) atoms. The van der Waals surface area contributed by atoms with Crippen LogP contribution in [0.4, 0.5) is 10.5 Å². The van der Waals surface area contributed by atoms with Crippen molar-refractivity contribution < 1.29 is 9.53 Å². The quantitative estimate of drug-likeness (QED) is 0.796. The van der Waals surface area contributed by atoms with Gasteiger partial charge in [0, 0.05) is 17.3 Å². The summed E-state index contributed by atoms with van der Waals surface area (Å²) in [5, 5.41) is 5.96. The van der Waals surface area contributed by atoms with Crippen LogP contribution in [0, 0.1) is 0 Å². The Bertz CT molecular complexity index is 369. The summed E-state index contributed by atoms with van der Waals surface area (Å²) in [5.41, 5.74) is 0.666. The molecule has 5 heteroatoms.